The minimum atomic E-state index is 0.495. The summed E-state index contributed by atoms with van der Waals surface area (Å²) in [5.74, 6) is 3.76. The molecular formula is C16H28N2O. The number of aryl methyl sites for hydroxylation is 1. The van der Waals surface area contributed by atoms with Crippen LogP contribution in [-0.4, -0.2) is 24.0 Å². The quantitative estimate of drug-likeness (QED) is 0.885. The summed E-state index contributed by atoms with van der Waals surface area (Å²) in [6.07, 6.45) is 0. The number of nitrogens with one attached hydrogen (secondary N) is 1. The third kappa shape index (κ3) is 3.83. The van der Waals surface area contributed by atoms with Gasteiger partial charge in [-0.3, -0.25) is 4.90 Å². The summed E-state index contributed by atoms with van der Waals surface area (Å²) < 4.78 is 5.84. The van der Waals surface area contributed by atoms with E-state index < -0.39 is 0 Å². The second-order valence-electron chi connectivity index (χ2n) is 6.48. The Balaban J connectivity index is 1.93. The number of nitrogens with zero attached hydrogens (tertiary/aromatic N) is 1. The van der Waals surface area contributed by atoms with Gasteiger partial charge < -0.3 is 9.73 Å². The SMILES string of the molecule is Cc1oc(CNC(C)C)cc1CN1CC(C)C(C)C1. The van der Waals surface area contributed by atoms with Gasteiger partial charge in [0.2, 0.25) is 0 Å². The first kappa shape index (κ1) is 14.6. The molecule has 3 heteroatoms. The lowest BCUT2D eigenvalue weighted by Gasteiger charge is -2.14. The zero-order chi connectivity index (χ0) is 14.0. The molecule has 0 bridgehead atoms. The first-order valence-corrected chi connectivity index (χ1v) is 7.49. The fraction of sp³-hybridized carbons (Fsp3) is 0.750. The van der Waals surface area contributed by atoms with Gasteiger partial charge in [0, 0.05) is 31.2 Å². The number of hydrogen-bond acceptors (Lipinski definition) is 3. The molecule has 1 aromatic heterocycles. The molecule has 1 aromatic rings. The molecule has 0 aromatic carbocycles. The average Bonchev–Trinajstić information content (AvgIpc) is 2.82. The number of likely N-dealkylation sites (tertiary alicyclic amines) is 1. The number of hydrogen-bond donors (Lipinski definition) is 1. The lowest BCUT2D eigenvalue weighted by atomic mass is 10.0. The van der Waals surface area contributed by atoms with Gasteiger partial charge in [0.25, 0.3) is 0 Å². The highest BCUT2D eigenvalue weighted by atomic mass is 16.3. The van der Waals surface area contributed by atoms with Crippen LogP contribution in [0.3, 0.4) is 0 Å². The summed E-state index contributed by atoms with van der Waals surface area (Å²) in [6.45, 7) is 15.4. The molecule has 0 radical (unpaired) electrons. The van der Waals surface area contributed by atoms with Crippen molar-refractivity contribution in [3.63, 3.8) is 0 Å². The predicted molar refractivity (Wildman–Crippen MR) is 79.0 cm³/mol. The van der Waals surface area contributed by atoms with Crippen molar-refractivity contribution in [2.45, 2.75) is 53.8 Å². The van der Waals surface area contributed by atoms with Crippen LogP contribution < -0.4 is 5.32 Å². The van der Waals surface area contributed by atoms with Crippen molar-refractivity contribution >= 4 is 0 Å². The highest BCUT2D eigenvalue weighted by molar-refractivity contribution is 5.21. The van der Waals surface area contributed by atoms with Crippen LogP contribution in [0.25, 0.3) is 0 Å². The summed E-state index contributed by atoms with van der Waals surface area (Å²) in [5, 5.41) is 3.40. The normalized spacial score (nSPS) is 24.5. The van der Waals surface area contributed by atoms with Crippen LogP contribution >= 0.6 is 0 Å². The maximum Gasteiger partial charge on any atom is 0.118 e. The molecule has 1 aliphatic heterocycles. The molecule has 0 amide bonds. The molecular weight excluding hydrogens is 236 g/mol. The summed E-state index contributed by atoms with van der Waals surface area (Å²) in [4.78, 5) is 2.55. The lowest BCUT2D eigenvalue weighted by Crippen LogP contribution is -2.21. The van der Waals surface area contributed by atoms with E-state index in [1.54, 1.807) is 0 Å². The molecule has 2 atom stereocenters. The van der Waals surface area contributed by atoms with Crippen molar-refractivity contribution in [2.24, 2.45) is 11.8 Å². The van der Waals surface area contributed by atoms with E-state index in [9.17, 15) is 0 Å². The molecule has 1 aliphatic rings. The lowest BCUT2D eigenvalue weighted by molar-refractivity contribution is 0.313. The topological polar surface area (TPSA) is 28.4 Å². The molecule has 1 saturated heterocycles. The van der Waals surface area contributed by atoms with E-state index in [0.29, 0.717) is 6.04 Å². The van der Waals surface area contributed by atoms with E-state index >= 15 is 0 Å². The molecule has 2 heterocycles. The van der Waals surface area contributed by atoms with Crippen molar-refractivity contribution in [3.8, 4) is 0 Å². The molecule has 19 heavy (non-hydrogen) atoms. The third-order valence-electron chi connectivity index (χ3n) is 4.21. The molecule has 0 aliphatic carbocycles. The largest absolute Gasteiger partial charge is 0.465 e. The second kappa shape index (κ2) is 6.10. The Hall–Kier alpha value is -0.800. The van der Waals surface area contributed by atoms with Gasteiger partial charge in [0.1, 0.15) is 11.5 Å². The van der Waals surface area contributed by atoms with Crippen LogP contribution in [-0.2, 0) is 13.1 Å². The van der Waals surface area contributed by atoms with Crippen LogP contribution in [0.5, 0.6) is 0 Å². The van der Waals surface area contributed by atoms with Gasteiger partial charge >= 0.3 is 0 Å². The van der Waals surface area contributed by atoms with Crippen molar-refractivity contribution in [1.82, 2.24) is 10.2 Å². The standard InChI is InChI=1S/C16H28N2O/c1-11(2)17-7-16-6-15(14(5)19-16)10-18-8-12(3)13(4)9-18/h6,11-13,17H,7-10H2,1-5H3. The van der Waals surface area contributed by atoms with Gasteiger partial charge in [-0.15, -0.1) is 0 Å². The average molecular weight is 264 g/mol. The summed E-state index contributed by atoms with van der Waals surface area (Å²) in [6, 6.07) is 2.72. The summed E-state index contributed by atoms with van der Waals surface area (Å²) >= 11 is 0. The second-order valence-corrected chi connectivity index (χ2v) is 6.48. The Morgan fingerprint density at radius 2 is 1.95 bits per heavy atom. The van der Waals surface area contributed by atoms with Gasteiger partial charge in [-0.2, -0.15) is 0 Å². The molecule has 1 fully saturated rings. The van der Waals surface area contributed by atoms with Gasteiger partial charge in [-0.25, -0.2) is 0 Å². The first-order valence-electron chi connectivity index (χ1n) is 7.49. The Morgan fingerprint density at radius 3 is 2.53 bits per heavy atom. The molecule has 108 valence electrons. The zero-order valence-electron chi connectivity index (χ0n) is 13.0. The van der Waals surface area contributed by atoms with E-state index in [2.05, 4.69) is 50.9 Å². The van der Waals surface area contributed by atoms with Crippen molar-refractivity contribution < 1.29 is 4.42 Å². The van der Waals surface area contributed by atoms with Crippen LogP contribution in [0.4, 0.5) is 0 Å². The Kier molecular flexibility index (Phi) is 4.69. The van der Waals surface area contributed by atoms with E-state index in [0.717, 1.165) is 36.4 Å². The smallest absolute Gasteiger partial charge is 0.118 e. The first-order chi connectivity index (χ1) is 8.95. The van der Waals surface area contributed by atoms with Crippen LogP contribution in [0.1, 0.15) is 44.8 Å². The maximum absolute atomic E-state index is 5.84. The summed E-state index contributed by atoms with van der Waals surface area (Å²) in [5.41, 5.74) is 1.35. The van der Waals surface area contributed by atoms with E-state index in [1.165, 1.54) is 18.7 Å². The minimum Gasteiger partial charge on any atom is -0.465 e. The van der Waals surface area contributed by atoms with Gasteiger partial charge in [-0.1, -0.05) is 27.7 Å². The van der Waals surface area contributed by atoms with Crippen LogP contribution in [0.2, 0.25) is 0 Å². The maximum atomic E-state index is 5.84. The Labute approximate surface area is 117 Å². The number of furan rings is 1. The van der Waals surface area contributed by atoms with Crippen LogP contribution in [0, 0.1) is 18.8 Å². The third-order valence-corrected chi connectivity index (χ3v) is 4.21. The Bertz CT molecular complexity index is 401. The fourth-order valence-electron chi connectivity index (χ4n) is 2.76. The highest BCUT2D eigenvalue weighted by Gasteiger charge is 2.26. The molecule has 2 unspecified atom stereocenters. The van der Waals surface area contributed by atoms with Crippen LogP contribution in [0.15, 0.2) is 10.5 Å². The number of rotatable bonds is 5. The van der Waals surface area contributed by atoms with Crippen molar-refractivity contribution in [2.75, 3.05) is 13.1 Å². The van der Waals surface area contributed by atoms with Crippen molar-refractivity contribution in [1.29, 1.82) is 0 Å². The van der Waals surface area contributed by atoms with E-state index in [-0.39, 0.29) is 0 Å². The van der Waals surface area contributed by atoms with Gasteiger partial charge in [0.05, 0.1) is 6.54 Å². The monoisotopic (exact) mass is 264 g/mol. The molecule has 2 rings (SSSR count). The molecule has 0 saturated carbocycles. The fourth-order valence-corrected chi connectivity index (χ4v) is 2.76. The molecule has 0 spiro atoms. The Morgan fingerprint density at radius 1 is 1.32 bits per heavy atom. The summed E-state index contributed by atoms with van der Waals surface area (Å²) in [7, 11) is 0. The predicted octanol–water partition coefficient (Wildman–Crippen LogP) is 3.17. The van der Waals surface area contributed by atoms with E-state index in [4.69, 9.17) is 4.42 Å². The zero-order valence-corrected chi connectivity index (χ0v) is 13.0. The minimum absolute atomic E-state index is 0.495. The van der Waals surface area contributed by atoms with Crippen molar-refractivity contribution in [3.05, 3.63) is 23.2 Å². The highest BCUT2D eigenvalue weighted by Crippen LogP contribution is 2.25. The van der Waals surface area contributed by atoms with Gasteiger partial charge in [-0.05, 0) is 24.8 Å². The van der Waals surface area contributed by atoms with E-state index in [1.807, 2.05) is 0 Å². The molecule has 1 N–H and O–H groups in total. The molecule has 3 nitrogen and oxygen atoms in total. The van der Waals surface area contributed by atoms with Gasteiger partial charge in [0.15, 0.2) is 0 Å².